The predicted molar refractivity (Wildman–Crippen MR) is 75.6 cm³/mol. The van der Waals surface area contributed by atoms with E-state index in [0.717, 1.165) is 25.9 Å². The minimum absolute atomic E-state index is 0.0346. The molecule has 0 saturated carbocycles. The molecule has 4 nitrogen and oxygen atoms in total. The summed E-state index contributed by atoms with van der Waals surface area (Å²) in [6.07, 6.45) is 9.83. The van der Waals surface area contributed by atoms with Crippen LogP contribution in [0.1, 0.15) is 32.1 Å². The van der Waals surface area contributed by atoms with Crippen molar-refractivity contribution in [2.45, 2.75) is 44.2 Å². The van der Waals surface area contributed by atoms with Crippen molar-refractivity contribution in [2.75, 3.05) is 26.2 Å². The van der Waals surface area contributed by atoms with Crippen LogP contribution in [0.4, 0.5) is 0 Å². The lowest BCUT2D eigenvalue weighted by Gasteiger charge is -2.38. The van der Waals surface area contributed by atoms with Crippen molar-refractivity contribution >= 4 is 5.91 Å². The third-order valence-corrected chi connectivity index (χ3v) is 4.80. The fourth-order valence-electron chi connectivity index (χ4n) is 3.70. The molecule has 0 aromatic carbocycles. The number of rotatable bonds is 2. The van der Waals surface area contributed by atoms with Gasteiger partial charge in [0.2, 0.25) is 5.91 Å². The lowest BCUT2D eigenvalue weighted by atomic mass is 10.0. The zero-order valence-corrected chi connectivity index (χ0v) is 11.6. The van der Waals surface area contributed by atoms with E-state index in [2.05, 4.69) is 9.80 Å². The lowest BCUT2D eigenvalue weighted by Crippen LogP contribution is -2.50. The highest BCUT2D eigenvalue weighted by Gasteiger charge is 2.32. The summed E-state index contributed by atoms with van der Waals surface area (Å²) in [4.78, 5) is 17.2. The highest BCUT2D eigenvalue weighted by Crippen LogP contribution is 2.24. The molecule has 106 valence electrons. The van der Waals surface area contributed by atoms with Gasteiger partial charge in [-0.1, -0.05) is 12.2 Å². The summed E-state index contributed by atoms with van der Waals surface area (Å²) < 4.78 is 0. The first kappa shape index (κ1) is 13.1. The van der Waals surface area contributed by atoms with E-state index in [0.29, 0.717) is 11.9 Å². The number of nitrogens with zero attached hydrogens (tertiary/aromatic N) is 2. The number of carbonyl (C=O) groups excluding carboxylic acids is 1. The number of piperidine rings is 1. The topological polar surface area (TPSA) is 49.6 Å². The van der Waals surface area contributed by atoms with Crippen molar-refractivity contribution in [3.63, 3.8) is 0 Å². The Kier molecular flexibility index (Phi) is 3.89. The van der Waals surface area contributed by atoms with Crippen LogP contribution < -0.4 is 5.73 Å². The molecule has 2 saturated heterocycles. The molecule has 0 spiro atoms. The highest BCUT2D eigenvalue weighted by molar-refractivity contribution is 5.81. The summed E-state index contributed by atoms with van der Waals surface area (Å²) in [5.41, 5.74) is 5.85. The van der Waals surface area contributed by atoms with E-state index in [1.165, 1.54) is 32.4 Å². The zero-order valence-electron chi connectivity index (χ0n) is 11.6. The molecular formula is C15H25N3O. The van der Waals surface area contributed by atoms with Crippen molar-refractivity contribution in [3.8, 4) is 0 Å². The molecule has 1 amide bonds. The van der Waals surface area contributed by atoms with Crippen molar-refractivity contribution in [1.29, 1.82) is 0 Å². The number of likely N-dealkylation sites (tertiary alicyclic amines) is 2. The number of amides is 1. The molecule has 2 aliphatic heterocycles. The Morgan fingerprint density at radius 2 is 1.89 bits per heavy atom. The summed E-state index contributed by atoms with van der Waals surface area (Å²) in [5.74, 6) is 0.334. The predicted octanol–water partition coefficient (Wildman–Crippen LogP) is 0.977. The SMILES string of the molecule is NC1C=CC(C(=O)N2CCCC(N3CCCC3)C2)C1. The molecule has 3 atom stereocenters. The van der Waals surface area contributed by atoms with Gasteiger partial charge in [-0.3, -0.25) is 9.69 Å². The quantitative estimate of drug-likeness (QED) is 0.756. The van der Waals surface area contributed by atoms with Crippen LogP contribution in [0.3, 0.4) is 0 Å². The molecule has 3 aliphatic rings. The maximum absolute atomic E-state index is 12.5. The summed E-state index contributed by atoms with van der Waals surface area (Å²) in [7, 11) is 0. The smallest absolute Gasteiger partial charge is 0.229 e. The summed E-state index contributed by atoms with van der Waals surface area (Å²) in [5, 5.41) is 0. The first-order valence-electron chi connectivity index (χ1n) is 7.71. The molecule has 3 unspecified atom stereocenters. The third-order valence-electron chi connectivity index (χ3n) is 4.80. The van der Waals surface area contributed by atoms with E-state index in [9.17, 15) is 4.79 Å². The minimum Gasteiger partial charge on any atom is -0.341 e. The molecule has 2 N–H and O–H groups in total. The maximum Gasteiger partial charge on any atom is 0.229 e. The van der Waals surface area contributed by atoms with Crippen LogP contribution in [0.25, 0.3) is 0 Å². The summed E-state index contributed by atoms with van der Waals surface area (Å²) in [6, 6.07) is 0.673. The first-order valence-corrected chi connectivity index (χ1v) is 7.71. The van der Waals surface area contributed by atoms with Gasteiger partial charge in [0.25, 0.3) is 0 Å². The number of hydrogen-bond acceptors (Lipinski definition) is 3. The third kappa shape index (κ3) is 2.84. The second kappa shape index (κ2) is 5.63. The molecule has 1 aliphatic carbocycles. The Morgan fingerprint density at radius 3 is 2.58 bits per heavy atom. The number of hydrogen-bond donors (Lipinski definition) is 1. The molecule has 2 fully saturated rings. The van der Waals surface area contributed by atoms with E-state index in [1.807, 2.05) is 12.2 Å². The standard InChI is InChI=1S/C15H25N3O/c16-13-6-5-12(10-13)15(19)18-9-3-4-14(11-18)17-7-1-2-8-17/h5-6,12-14H,1-4,7-11,16H2. The molecule has 0 bridgehead atoms. The van der Waals surface area contributed by atoms with Crippen molar-refractivity contribution in [1.82, 2.24) is 9.80 Å². The Hall–Kier alpha value is -0.870. The lowest BCUT2D eigenvalue weighted by molar-refractivity contribution is -0.136. The molecule has 4 heteroatoms. The van der Waals surface area contributed by atoms with Crippen molar-refractivity contribution in [3.05, 3.63) is 12.2 Å². The average molecular weight is 263 g/mol. The largest absolute Gasteiger partial charge is 0.341 e. The van der Waals surface area contributed by atoms with Gasteiger partial charge >= 0.3 is 0 Å². The molecule has 0 radical (unpaired) electrons. The van der Waals surface area contributed by atoms with Gasteiger partial charge in [0.05, 0.1) is 5.92 Å². The van der Waals surface area contributed by atoms with Crippen LogP contribution in [0.15, 0.2) is 12.2 Å². The van der Waals surface area contributed by atoms with Gasteiger partial charge < -0.3 is 10.6 Å². The Labute approximate surface area is 115 Å². The van der Waals surface area contributed by atoms with Crippen LogP contribution in [0.5, 0.6) is 0 Å². The van der Waals surface area contributed by atoms with E-state index >= 15 is 0 Å². The summed E-state index contributed by atoms with van der Waals surface area (Å²) in [6.45, 7) is 4.31. The van der Waals surface area contributed by atoms with E-state index in [1.54, 1.807) is 0 Å². The fourth-order valence-corrected chi connectivity index (χ4v) is 3.70. The molecule has 0 aromatic rings. The van der Waals surface area contributed by atoms with Gasteiger partial charge in [-0.2, -0.15) is 0 Å². The van der Waals surface area contributed by atoms with Gasteiger partial charge in [-0.15, -0.1) is 0 Å². The Bertz CT molecular complexity index is 362. The molecule has 0 aromatic heterocycles. The van der Waals surface area contributed by atoms with Gasteiger partial charge in [-0.05, 0) is 45.2 Å². The highest BCUT2D eigenvalue weighted by atomic mass is 16.2. The molecular weight excluding hydrogens is 238 g/mol. The van der Waals surface area contributed by atoms with Gasteiger partial charge in [0.1, 0.15) is 0 Å². The minimum atomic E-state index is 0.0346. The van der Waals surface area contributed by atoms with Crippen LogP contribution >= 0.6 is 0 Å². The first-order chi connectivity index (χ1) is 9.24. The molecule has 3 rings (SSSR count). The van der Waals surface area contributed by atoms with E-state index in [4.69, 9.17) is 5.73 Å². The number of carbonyl (C=O) groups is 1. The normalized spacial score (nSPS) is 36.1. The van der Waals surface area contributed by atoms with Gasteiger partial charge in [0.15, 0.2) is 0 Å². The second-order valence-electron chi connectivity index (χ2n) is 6.21. The van der Waals surface area contributed by atoms with Crippen molar-refractivity contribution in [2.24, 2.45) is 11.7 Å². The van der Waals surface area contributed by atoms with Crippen LogP contribution in [-0.4, -0.2) is 54.0 Å². The maximum atomic E-state index is 12.5. The molecule has 19 heavy (non-hydrogen) atoms. The fraction of sp³-hybridized carbons (Fsp3) is 0.800. The van der Waals surface area contributed by atoms with Crippen molar-refractivity contribution < 1.29 is 4.79 Å². The molecule has 2 heterocycles. The van der Waals surface area contributed by atoms with Gasteiger partial charge in [0, 0.05) is 25.2 Å². The monoisotopic (exact) mass is 263 g/mol. The zero-order chi connectivity index (χ0) is 13.2. The summed E-state index contributed by atoms with van der Waals surface area (Å²) >= 11 is 0. The number of nitrogens with two attached hydrogens (primary N) is 1. The van der Waals surface area contributed by atoms with E-state index < -0.39 is 0 Å². The average Bonchev–Trinajstić information content (AvgIpc) is 3.09. The van der Waals surface area contributed by atoms with Crippen LogP contribution in [0, 0.1) is 5.92 Å². The van der Waals surface area contributed by atoms with E-state index in [-0.39, 0.29) is 12.0 Å². The second-order valence-corrected chi connectivity index (χ2v) is 6.21. The van der Waals surface area contributed by atoms with Crippen LogP contribution in [-0.2, 0) is 4.79 Å². The Balaban J connectivity index is 1.58. The van der Waals surface area contributed by atoms with Crippen LogP contribution in [0.2, 0.25) is 0 Å². The Morgan fingerprint density at radius 1 is 1.11 bits per heavy atom. The van der Waals surface area contributed by atoms with Gasteiger partial charge in [-0.25, -0.2) is 0 Å².